The van der Waals surface area contributed by atoms with E-state index in [0.29, 0.717) is 29.4 Å². The van der Waals surface area contributed by atoms with Crippen LogP contribution in [0.4, 0.5) is 4.39 Å². The molecule has 128 valence electrons. The Balaban J connectivity index is 1.81. The van der Waals surface area contributed by atoms with Crippen molar-refractivity contribution in [2.75, 3.05) is 26.0 Å². The molecule has 23 heavy (non-hydrogen) atoms. The smallest absolute Gasteiger partial charge is 0.230 e. The van der Waals surface area contributed by atoms with Gasteiger partial charge in [-0.25, -0.2) is 4.39 Å². The fourth-order valence-electron chi connectivity index (χ4n) is 2.60. The van der Waals surface area contributed by atoms with Crippen LogP contribution in [-0.2, 0) is 9.53 Å². The Morgan fingerprint density at radius 3 is 2.65 bits per heavy atom. The van der Waals surface area contributed by atoms with E-state index in [-0.39, 0.29) is 11.7 Å². The molecule has 1 aliphatic carbocycles. The van der Waals surface area contributed by atoms with Gasteiger partial charge in [0, 0.05) is 29.0 Å². The Hall–Kier alpha value is -0.720. The molecule has 2 rings (SSSR count). The predicted octanol–water partition coefficient (Wildman–Crippen LogP) is 3.72. The van der Waals surface area contributed by atoms with Gasteiger partial charge < -0.3 is 10.1 Å². The van der Waals surface area contributed by atoms with E-state index in [2.05, 4.69) is 5.32 Å². The number of nitrogens with one attached hydrogen (secondary N) is 1. The number of carbonyl (C=O) groups is 1. The standard InChI is InChI=1S/C17H24FNO2S2/c1-21-11-10-19-17(20)12-22-15-4-2-3-5-16(15)23-14-8-6-13(18)7-9-14/h6-9,15-16H,2-5,10-12H2,1H3,(H,19,20). The van der Waals surface area contributed by atoms with Crippen LogP contribution in [0.3, 0.4) is 0 Å². The van der Waals surface area contributed by atoms with Gasteiger partial charge >= 0.3 is 0 Å². The number of thioether (sulfide) groups is 2. The monoisotopic (exact) mass is 357 g/mol. The fraction of sp³-hybridized carbons (Fsp3) is 0.588. The summed E-state index contributed by atoms with van der Waals surface area (Å²) in [5.41, 5.74) is 0. The summed E-state index contributed by atoms with van der Waals surface area (Å²) in [6.45, 7) is 1.11. The minimum absolute atomic E-state index is 0.0724. The number of benzene rings is 1. The number of hydrogen-bond acceptors (Lipinski definition) is 4. The Labute approximate surface area is 146 Å². The maximum Gasteiger partial charge on any atom is 0.230 e. The highest BCUT2D eigenvalue weighted by atomic mass is 32.2. The molecule has 6 heteroatoms. The quantitative estimate of drug-likeness (QED) is 0.720. The average molecular weight is 358 g/mol. The van der Waals surface area contributed by atoms with Crippen LogP contribution in [0.2, 0.25) is 0 Å². The number of ether oxygens (including phenoxy) is 1. The van der Waals surface area contributed by atoms with Crippen molar-refractivity contribution in [1.29, 1.82) is 0 Å². The third-order valence-electron chi connectivity index (χ3n) is 3.80. The van der Waals surface area contributed by atoms with Gasteiger partial charge in [0.1, 0.15) is 5.82 Å². The van der Waals surface area contributed by atoms with Crippen molar-refractivity contribution in [2.45, 2.75) is 41.1 Å². The molecule has 1 amide bonds. The molecule has 2 atom stereocenters. The largest absolute Gasteiger partial charge is 0.383 e. The molecule has 1 aliphatic rings. The molecule has 1 fully saturated rings. The van der Waals surface area contributed by atoms with Crippen LogP contribution in [0.1, 0.15) is 25.7 Å². The first-order valence-electron chi connectivity index (χ1n) is 7.98. The molecule has 1 N–H and O–H groups in total. The summed E-state index contributed by atoms with van der Waals surface area (Å²) < 4.78 is 17.9. The van der Waals surface area contributed by atoms with Gasteiger partial charge in [-0.1, -0.05) is 12.8 Å². The predicted molar refractivity (Wildman–Crippen MR) is 95.6 cm³/mol. The lowest BCUT2D eigenvalue weighted by Crippen LogP contribution is -2.31. The second-order valence-electron chi connectivity index (χ2n) is 5.59. The lowest BCUT2D eigenvalue weighted by atomic mass is 10.00. The van der Waals surface area contributed by atoms with Crippen molar-refractivity contribution in [1.82, 2.24) is 5.32 Å². The zero-order valence-electron chi connectivity index (χ0n) is 13.4. The first-order chi connectivity index (χ1) is 11.2. The van der Waals surface area contributed by atoms with Crippen molar-refractivity contribution < 1.29 is 13.9 Å². The number of methoxy groups -OCH3 is 1. The minimum Gasteiger partial charge on any atom is -0.383 e. The number of carbonyl (C=O) groups excluding carboxylic acids is 1. The molecule has 3 nitrogen and oxygen atoms in total. The van der Waals surface area contributed by atoms with Crippen LogP contribution < -0.4 is 5.32 Å². The van der Waals surface area contributed by atoms with E-state index in [1.807, 2.05) is 23.9 Å². The molecule has 0 heterocycles. The number of amides is 1. The van der Waals surface area contributed by atoms with Gasteiger partial charge in [-0.05, 0) is 37.1 Å². The molecule has 0 spiro atoms. The van der Waals surface area contributed by atoms with Crippen molar-refractivity contribution in [3.63, 3.8) is 0 Å². The number of halogens is 1. The molecule has 0 saturated heterocycles. The highest BCUT2D eigenvalue weighted by Crippen LogP contribution is 2.39. The lowest BCUT2D eigenvalue weighted by Gasteiger charge is -2.30. The zero-order valence-corrected chi connectivity index (χ0v) is 15.1. The maximum atomic E-state index is 13.0. The highest BCUT2D eigenvalue weighted by Gasteiger charge is 2.27. The van der Waals surface area contributed by atoms with E-state index >= 15 is 0 Å². The molecule has 1 aromatic carbocycles. The van der Waals surface area contributed by atoms with Gasteiger partial charge in [-0.15, -0.1) is 23.5 Å². The Morgan fingerprint density at radius 1 is 1.26 bits per heavy atom. The molecular formula is C17H24FNO2S2. The Kier molecular flexibility index (Phi) is 8.26. The molecule has 0 bridgehead atoms. The molecule has 0 aromatic heterocycles. The van der Waals surface area contributed by atoms with Gasteiger partial charge in [-0.3, -0.25) is 4.79 Å². The summed E-state index contributed by atoms with van der Waals surface area (Å²) in [5, 5.41) is 3.83. The van der Waals surface area contributed by atoms with Gasteiger partial charge in [0.2, 0.25) is 5.91 Å². The van der Waals surface area contributed by atoms with Crippen molar-refractivity contribution in [3.05, 3.63) is 30.1 Å². The summed E-state index contributed by atoms with van der Waals surface area (Å²) in [7, 11) is 1.63. The van der Waals surface area contributed by atoms with Crippen LogP contribution in [0.5, 0.6) is 0 Å². The Bertz CT molecular complexity index is 484. The fourth-order valence-corrected chi connectivity index (χ4v) is 5.37. The van der Waals surface area contributed by atoms with Gasteiger partial charge in [0.15, 0.2) is 0 Å². The molecule has 1 aromatic rings. The topological polar surface area (TPSA) is 38.3 Å². The van der Waals surface area contributed by atoms with Gasteiger partial charge in [-0.2, -0.15) is 0 Å². The van der Waals surface area contributed by atoms with Crippen LogP contribution in [-0.4, -0.2) is 42.4 Å². The van der Waals surface area contributed by atoms with E-state index in [4.69, 9.17) is 4.74 Å². The van der Waals surface area contributed by atoms with E-state index in [1.54, 1.807) is 18.9 Å². The second kappa shape index (κ2) is 10.2. The highest BCUT2D eigenvalue weighted by molar-refractivity contribution is 8.04. The number of rotatable bonds is 8. The summed E-state index contributed by atoms with van der Waals surface area (Å²) in [6.07, 6.45) is 4.76. The van der Waals surface area contributed by atoms with Crippen LogP contribution in [0.15, 0.2) is 29.2 Å². The van der Waals surface area contributed by atoms with Gasteiger partial charge in [0.25, 0.3) is 0 Å². The van der Waals surface area contributed by atoms with Crippen LogP contribution in [0, 0.1) is 5.82 Å². The van der Waals surface area contributed by atoms with E-state index in [9.17, 15) is 9.18 Å². The third kappa shape index (κ3) is 6.73. The lowest BCUT2D eigenvalue weighted by molar-refractivity contribution is -0.118. The molecule has 0 radical (unpaired) electrons. The average Bonchev–Trinajstić information content (AvgIpc) is 2.56. The summed E-state index contributed by atoms with van der Waals surface area (Å²) in [4.78, 5) is 12.9. The minimum atomic E-state index is -0.198. The first-order valence-corrected chi connectivity index (χ1v) is 9.91. The molecule has 1 saturated carbocycles. The van der Waals surface area contributed by atoms with Crippen molar-refractivity contribution in [3.8, 4) is 0 Å². The van der Waals surface area contributed by atoms with E-state index in [0.717, 1.165) is 17.7 Å². The Morgan fingerprint density at radius 2 is 1.96 bits per heavy atom. The van der Waals surface area contributed by atoms with Crippen molar-refractivity contribution in [2.24, 2.45) is 0 Å². The number of hydrogen-bond donors (Lipinski definition) is 1. The van der Waals surface area contributed by atoms with Gasteiger partial charge in [0.05, 0.1) is 12.4 Å². The first kappa shape index (κ1) is 18.6. The van der Waals surface area contributed by atoms with Crippen LogP contribution >= 0.6 is 23.5 Å². The summed E-state index contributed by atoms with van der Waals surface area (Å²) in [6, 6.07) is 6.70. The SMILES string of the molecule is COCCNC(=O)CSC1CCCCC1Sc1ccc(F)cc1. The summed E-state index contributed by atoms with van der Waals surface area (Å²) in [5.74, 6) is 0.370. The molecule has 0 aliphatic heterocycles. The zero-order chi connectivity index (χ0) is 16.5. The third-order valence-corrected chi connectivity index (χ3v) is 6.80. The van der Waals surface area contributed by atoms with E-state index in [1.165, 1.54) is 25.0 Å². The molecular weight excluding hydrogens is 333 g/mol. The maximum absolute atomic E-state index is 13.0. The van der Waals surface area contributed by atoms with E-state index < -0.39 is 0 Å². The van der Waals surface area contributed by atoms with Crippen molar-refractivity contribution >= 4 is 29.4 Å². The second-order valence-corrected chi connectivity index (χ2v) is 8.13. The normalized spacial score (nSPS) is 21.1. The summed E-state index contributed by atoms with van der Waals surface area (Å²) >= 11 is 3.56. The van der Waals surface area contributed by atoms with Crippen LogP contribution in [0.25, 0.3) is 0 Å². The molecule has 2 unspecified atom stereocenters.